The van der Waals surface area contributed by atoms with Gasteiger partial charge in [0.2, 0.25) is 0 Å². The minimum Gasteiger partial charge on any atom is -0.488 e. The molecule has 0 amide bonds. The van der Waals surface area contributed by atoms with Gasteiger partial charge >= 0.3 is 11.9 Å². The van der Waals surface area contributed by atoms with Crippen LogP contribution in [-0.4, -0.2) is 22.2 Å². The first kappa shape index (κ1) is 52.5. The van der Waals surface area contributed by atoms with Gasteiger partial charge in [0.05, 0.1) is 16.5 Å². The van der Waals surface area contributed by atoms with Crippen LogP contribution in [0.2, 0.25) is 0 Å². The van der Waals surface area contributed by atoms with E-state index in [1.165, 1.54) is 22.3 Å². The van der Waals surface area contributed by atoms with Crippen molar-refractivity contribution in [3.05, 3.63) is 336 Å². The highest BCUT2D eigenvalue weighted by atomic mass is 16.5. The largest absolute Gasteiger partial charge is 0.488 e. The fourth-order valence-corrected chi connectivity index (χ4v) is 13.5. The maximum absolute atomic E-state index is 12.1. The molecule has 14 aromatic carbocycles. The molecule has 0 heterocycles. The molecule has 14 aromatic rings. The maximum Gasteiger partial charge on any atom is 0.336 e. The number of aromatic carboxylic acids is 2. The van der Waals surface area contributed by atoms with Crippen molar-refractivity contribution in [2.75, 3.05) is 0 Å². The number of hydrogen-bond donors (Lipinski definition) is 2. The molecule has 0 unspecified atom stereocenters. The molecule has 0 aromatic heterocycles. The smallest absolute Gasteiger partial charge is 0.336 e. The molecular formula is C81H54O6. The van der Waals surface area contributed by atoms with Gasteiger partial charge in [-0.1, -0.05) is 255 Å². The zero-order valence-electron chi connectivity index (χ0n) is 47.2. The standard InChI is InChI=1S/C81H54O6/c82-79(83)71-25-7-5-21-63(71)55-35-31-51(32-36-55)49-86-75-45-39-57-47-59(41-43-65(57)77(75)69-27-13-17-53-15-1-3-19-61(53)69)81(73-29-11-9-23-67(73)68-24-10-12-30-74(68)81)60-42-44-66-58(48-60)40-46-76(78(66)70-28-14-18-54-16-2-4-20-62(54)70)87-50-52-33-37-56(38-34-52)64-22-6-8-26-72(64)80(84)85/h1-48H,49-50H2,(H,82,83)(H,84,85). The maximum atomic E-state index is 12.1. The van der Waals surface area contributed by atoms with E-state index in [0.29, 0.717) is 24.3 Å². The molecule has 6 nitrogen and oxygen atoms in total. The zero-order chi connectivity index (χ0) is 58.6. The monoisotopic (exact) mass is 1120 g/mol. The summed E-state index contributed by atoms with van der Waals surface area (Å²) in [6.45, 7) is 0.607. The van der Waals surface area contributed by atoms with Crippen LogP contribution in [0.15, 0.2) is 291 Å². The summed E-state index contributed by atoms with van der Waals surface area (Å²) >= 11 is 0. The van der Waals surface area contributed by atoms with Crippen LogP contribution in [0.1, 0.15) is 54.1 Å². The third kappa shape index (κ3) is 9.05. The minimum atomic E-state index is -0.959. The molecule has 0 spiro atoms. The number of carbonyl (C=O) groups is 2. The summed E-state index contributed by atoms with van der Waals surface area (Å²) in [6.07, 6.45) is 0. The van der Waals surface area contributed by atoms with Gasteiger partial charge in [0.15, 0.2) is 0 Å². The second-order valence-electron chi connectivity index (χ2n) is 22.3. The van der Waals surface area contributed by atoms with Crippen LogP contribution >= 0.6 is 0 Å². The summed E-state index contributed by atoms with van der Waals surface area (Å²) in [4.78, 5) is 24.2. The lowest BCUT2D eigenvalue weighted by Crippen LogP contribution is -2.28. The Balaban J connectivity index is 0.862. The molecule has 0 radical (unpaired) electrons. The second-order valence-corrected chi connectivity index (χ2v) is 22.3. The Morgan fingerprint density at radius 2 is 0.678 bits per heavy atom. The van der Waals surface area contributed by atoms with Crippen LogP contribution in [0.3, 0.4) is 0 Å². The van der Waals surface area contributed by atoms with Crippen molar-refractivity contribution in [2.45, 2.75) is 18.6 Å². The minimum absolute atomic E-state index is 0.263. The van der Waals surface area contributed by atoms with Crippen LogP contribution in [-0.2, 0) is 18.6 Å². The van der Waals surface area contributed by atoms with Gasteiger partial charge in [-0.2, -0.15) is 0 Å². The predicted octanol–water partition coefficient (Wildman–Crippen LogP) is 19.9. The van der Waals surface area contributed by atoms with Crippen molar-refractivity contribution in [3.8, 4) is 67.1 Å². The molecule has 6 heteroatoms. The first-order valence-corrected chi connectivity index (χ1v) is 29.2. The third-order valence-corrected chi connectivity index (χ3v) is 17.5. The van der Waals surface area contributed by atoms with E-state index in [1.54, 1.807) is 24.3 Å². The highest BCUT2D eigenvalue weighted by Crippen LogP contribution is 2.57. The van der Waals surface area contributed by atoms with Gasteiger partial charge in [0, 0.05) is 11.1 Å². The summed E-state index contributed by atoms with van der Waals surface area (Å²) < 4.78 is 13.8. The molecule has 0 aliphatic heterocycles. The number of hydrogen-bond acceptors (Lipinski definition) is 4. The Hall–Kier alpha value is -11.3. The van der Waals surface area contributed by atoms with E-state index in [-0.39, 0.29) is 11.1 Å². The third-order valence-electron chi connectivity index (χ3n) is 17.5. The number of carboxylic acids is 2. The number of carboxylic acid groups (broad SMARTS) is 2. The molecule has 0 fully saturated rings. The summed E-state index contributed by atoms with van der Waals surface area (Å²) in [5.41, 5.74) is 16.0. The van der Waals surface area contributed by atoms with E-state index in [9.17, 15) is 19.8 Å². The van der Waals surface area contributed by atoms with Crippen molar-refractivity contribution in [1.29, 1.82) is 0 Å². The van der Waals surface area contributed by atoms with Gasteiger partial charge in [-0.15, -0.1) is 0 Å². The van der Waals surface area contributed by atoms with Gasteiger partial charge in [-0.25, -0.2) is 9.59 Å². The van der Waals surface area contributed by atoms with Gasteiger partial charge in [-0.05, 0) is 157 Å². The summed E-state index contributed by atoms with van der Waals surface area (Å²) in [7, 11) is 0. The Kier molecular flexibility index (Phi) is 13.1. The molecular weight excluding hydrogens is 1070 g/mol. The van der Waals surface area contributed by atoms with Crippen LogP contribution in [0.4, 0.5) is 0 Å². The highest BCUT2D eigenvalue weighted by molar-refractivity contribution is 6.10. The molecule has 0 bridgehead atoms. The first-order chi connectivity index (χ1) is 42.8. The lowest BCUT2D eigenvalue weighted by Gasteiger charge is -2.34. The average molecular weight is 1120 g/mol. The van der Waals surface area contributed by atoms with E-state index in [0.717, 1.165) is 110 Å². The van der Waals surface area contributed by atoms with Crippen molar-refractivity contribution >= 4 is 55.0 Å². The van der Waals surface area contributed by atoms with Crippen molar-refractivity contribution in [1.82, 2.24) is 0 Å². The van der Waals surface area contributed by atoms with E-state index in [2.05, 4.69) is 194 Å². The average Bonchev–Trinajstić information content (AvgIpc) is 1.61. The SMILES string of the molecule is O=C(O)c1ccccc1-c1ccc(COc2ccc3cc(C4(c5ccc6c(-c7cccc8ccccc78)c(OCc7ccc(-c8ccccc8C(=O)O)cc7)ccc6c5)c5ccccc5-c5ccccc54)ccc3c2-c2cccc3ccccc23)cc1. The van der Waals surface area contributed by atoms with Crippen molar-refractivity contribution < 1.29 is 29.3 Å². The van der Waals surface area contributed by atoms with Crippen LogP contribution < -0.4 is 9.47 Å². The lowest BCUT2D eigenvalue weighted by atomic mass is 9.67. The van der Waals surface area contributed by atoms with E-state index in [1.807, 2.05) is 72.8 Å². The summed E-state index contributed by atoms with van der Waals surface area (Å²) in [5, 5.41) is 28.6. The van der Waals surface area contributed by atoms with Crippen molar-refractivity contribution in [2.24, 2.45) is 0 Å². The molecule has 87 heavy (non-hydrogen) atoms. The fraction of sp³-hybridized carbons (Fsp3) is 0.0370. The first-order valence-electron chi connectivity index (χ1n) is 29.2. The number of ether oxygens (including phenoxy) is 2. The van der Waals surface area contributed by atoms with Crippen LogP contribution in [0.5, 0.6) is 11.5 Å². The number of fused-ring (bicyclic) bond motifs is 7. The fourth-order valence-electron chi connectivity index (χ4n) is 13.5. The predicted molar refractivity (Wildman–Crippen MR) is 351 cm³/mol. The molecule has 414 valence electrons. The molecule has 0 saturated heterocycles. The summed E-state index contributed by atoms with van der Waals surface area (Å²) in [6, 6.07) is 100. The molecule has 1 aliphatic rings. The molecule has 0 saturated carbocycles. The molecule has 15 rings (SSSR count). The Morgan fingerprint density at radius 1 is 0.310 bits per heavy atom. The van der Waals surface area contributed by atoms with E-state index in [4.69, 9.17) is 9.47 Å². The molecule has 1 aliphatic carbocycles. The van der Waals surface area contributed by atoms with Crippen LogP contribution in [0, 0.1) is 0 Å². The highest BCUT2D eigenvalue weighted by Gasteiger charge is 2.46. The Labute approximate surface area is 503 Å². The van der Waals surface area contributed by atoms with Gasteiger partial charge < -0.3 is 19.7 Å². The normalized spacial score (nSPS) is 12.3. The lowest BCUT2D eigenvalue weighted by molar-refractivity contribution is 0.0687. The van der Waals surface area contributed by atoms with Crippen LogP contribution in [0.25, 0.3) is 98.7 Å². The second kappa shape index (κ2) is 21.7. The molecule has 0 atom stereocenters. The van der Waals surface area contributed by atoms with Gasteiger partial charge in [0.25, 0.3) is 0 Å². The summed E-state index contributed by atoms with van der Waals surface area (Å²) in [5.74, 6) is -0.399. The van der Waals surface area contributed by atoms with Gasteiger partial charge in [-0.3, -0.25) is 0 Å². The van der Waals surface area contributed by atoms with E-state index >= 15 is 0 Å². The number of rotatable bonds is 14. The molecule has 2 N–H and O–H groups in total. The Bertz CT molecular complexity index is 4730. The van der Waals surface area contributed by atoms with Gasteiger partial charge in [0.1, 0.15) is 24.7 Å². The quantitative estimate of drug-likeness (QED) is 0.113. The topological polar surface area (TPSA) is 93.1 Å². The Morgan fingerprint density at radius 3 is 1.11 bits per heavy atom. The van der Waals surface area contributed by atoms with E-state index < -0.39 is 17.4 Å². The zero-order valence-corrected chi connectivity index (χ0v) is 47.2. The van der Waals surface area contributed by atoms with Crippen molar-refractivity contribution in [3.63, 3.8) is 0 Å². The number of benzene rings is 14.